The predicted molar refractivity (Wildman–Crippen MR) is 161 cm³/mol. The van der Waals surface area contributed by atoms with E-state index in [0.29, 0.717) is 31.1 Å². The maximum atomic E-state index is 13.6. The zero-order valence-electron chi connectivity index (χ0n) is 22.6. The average Bonchev–Trinajstić information content (AvgIpc) is 3.27. The first-order valence-corrected chi connectivity index (χ1v) is 15.4. The molecule has 0 bridgehead atoms. The Bertz CT molecular complexity index is 1540. The van der Waals surface area contributed by atoms with Gasteiger partial charge in [-0.1, -0.05) is 72.3 Å². The molecule has 1 aliphatic rings. The maximum Gasteiger partial charge on any atom is 0.243 e. The second kappa shape index (κ2) is 13.2. The number of aromatic nitrogens is 2. The summed E-state index contributed by atoms with van der Waals surface area (Å²) in [4.78, 5) is 17.5. The normalized spacial score (nSPS) is 14.2. The van der Waals surface area contributed by atoms with Gasteiger partial charge < -0.3 is 9.80 Å². The SMILES string of the molecule is O=C(CN(CCc1ccccc1)S(=O)(=O)c1ccc(Cl)cc1)N1CCCN(c2ccc(-c3ccccc3)nn2)CC1. The third-order valence-corrected chi connectivity index (χ3v) is 9.26. The first-order valence-electron chi connectivity index (χ1n) is 13.6. The van der Waals surface area contributed by atoms with Gasteiger partial charge in [0.2, 0.25) is 15.9 Å². The number of sulfonamides is 1. The Hall–Kier alpha value is -3.79. The van der Waals surface area contributed by atoms with Gasteiger partial charge in [0, 0.05) is 43.3 Å². The molecule has 0 spiro atoms. The number of rotatable bonds is 9. The molecule has 5 rings (SSSR count). The minimum Gasteiger partial charge on any atom is -0.353 e. The number of carbonyl (C=O) groups excluding carboxylic acids is 1. The molecular weight excluding hydrogens is 558 g/mol. The zero-order chi connectivity index (χ0) is 28.7. The highest BCUT2D eigenvalue weighted by atomic mass is 35.5. The Morgan fingerprint density at radius 1 is 0.805 bits per heavy atom. The Balaban J connectivity index is 1.26. The molecule has 0 atom stereocenters. The quantitative estimate of drug-likeness (QED) is 0.280. The third-order valence-electron chi connectivity index (χ3n) is 7.15. The van der Waals surface area contributed by atoms with Crippen LogP contribution in [0.15, 0.2) is 102 Å². The van der Waals surface area contributed by atoms with Crippen molar-refractivity contribution < 1.29 is 13.2 Å². The standard InChI is InChI=1S/C31H32ClN5O3S/c32-27-12-14-28(15-13-27)41(39,40)37(21-18-25-8-3-1-4-9-25)24-31(38)36-20-7-19-35(22-23-36)30-17-16-29(33-34-30)26-10-5-2-6-11-26/h1-6,8-17H,7,18-24H2. The molecule has 1 aromatic heterocycles. The van der Waals surface area contributed by atoms with Crippen LogP contribution in [0.3, 0.4) is 0 Å². The lowest BCUT2D eigenvalue weighted by Crippen LogP contribution is -2.44. The van der Waals surface area contributed by atoms with E-state index in [9.17, 15) is 13.2 Å². The molecule has 1 saturated heterocycles. The highest BCUT2D eigenvalue weighted by molar-refractivity contribution is 7.89. The average molecular weight is 590 g/mol. The number of hydrogen-bond acceptors (Lipinski definition) is 6. The first kappa shape index (κ1) is 28.7. The molecular formula is C31H32ClN5O3S. The second-order valence-corrected chi connectivity index (χ2v) is 12.3. The predicted octanol–water partition coefficient (Wildman–Crippen LogP) is 4.77. The molecule has 0 aliphatic carbocycles. The first-order chi connectivity index (χ1) is 19.9. The lowest BCUT2D eigenvalue weighted by molar-refractivity contribution is -0.131. The molecule has 0 saturated carbocycles. The summed E-state index contributed by atoms with van der Waals surface area (Å²) in [7, 11) is -3.91. The lowest BCUT2D eigenvalue weighted by Gasteiger charge is -2.27. The summed E-state index contributed by atoms with van der Waals surface area (Å²) in [6.45, 7) is 2.27. The fourth-order valence-electron chi connectivity index (χ4n) is 4.84. The summed E-state index contributed by atoms with van der Waals surface area (Å²) >= 11 is 5.99. The van der Waals surface area contributed by atoms with Crippen molar-refractivity contribution >= 4 is 33.3 Å². The summed E-state index contributed by atoms with van der Waals surface area (Å²) < 4.78 is 28.5. The van der Waals surface area contributed by atoms with Crippen LogP contribution in [0, 0.1) is 0 Å². The molecule has 2 heterocycles. The van der Waals surface area contributed by atoms with Crippen LogP contribution in [0.1, 0.15) is 12.0 Å². The molecule has 1 aliphatic heterocycles. The Morgan fingerprint density at radius 3 is 2.20 bits per heavy atom. The largest absolute Gasteiger partial charge is 0.353 e. The van der Waals surface area contributed by atoms with E-state index in [0.717, 1.165) is 35.6 Å². The summed E-state index contributed by atoms with van der Waals surface area (Å²) in [6, 6.07) is 29.5. The van der Waals surface area contributed by atoms with Gasteiger partial charge in [-0.3, -0.25) is 4.79 Å². The van der Waals surface area contributed by atoms with Gasteiger partial charge in [0.15, 0.2) is 5.82 Å². The van der Waals surface area contributed by atoms with Crippen molar-refractivity contribution in [2.75, 3.05) is 44.2 Å². The van der Waals surface area contributed by atoms with Crippen molar-refractivity contribution in [2.24, 2.45) is 0 Å². The number of hydrogen-bond donors (Lipinski definition) is 0. The molecule has 0 N–H and O–H groups in total. The van der Waals surface area contributed by atoms with E-state index < -0.39 is 10.0 Å². The number of anilines is 1. The highest BCUT2D eigenvalue weighted by Gasteiger charge is 2.29. The van der Waals surface area contributed by atoms with Crippen LogP contribution in [0.2, 0.25) is 5.02 Å². The smallest absolute Gasteiger partial charge is 0.243 e. The summed E-state index contributed by atoms with van der Waals surface area (Å²) in [6.07, 6.45) is 1.23. The minimum atomic E-state index is -3.91. The number of carbonyl (C=O) groups is 1. The molecule has 8 nitrogen and oxygen atoms in total. The van der Waals surface area contributed by atoms with Crippen molar-refractivity contribution in [1.82, 2.24) is 19.4 Å². The Morgan fingerprint density at radius 2 is 1.51 bits per heavy atom. The van der Waals surface area contributed by atoms with E-state index in [1.807, 2.05) is 72.8 Å². The summed E-state index contributed by atoms with van der Waals surface area (Å²) in [5, 5.41) is 9.29. The second-order valence-electron chi connectivity index (χ2n) is 9.89. The van der Waals surface area contributed by atoms with E-state index >= 15 is 0 Å². The van der Waals surface area contributed by atoms with Crippen molar-refractivity contribution in [3.8, 4) is 11.3 Å². The molecule has 3 aromatic carbocycles. The van der Waals surface area contributed by atoms with Gasteiger partial charge in [0.1, 0.15) is 0 Å². The van der Waals surface area contributed by atoms with Crippen LogP contribution >= 0.6 is 11.6 Å². The van der Waals surface area contributed by atoms with Gasteiger partial charge in [0.05, 0.1) is 17.1 Å². The van der Waals surface area contributed by atoms with E-state index in [1.54, 1.807) is 17.0 Å². The van der Waals surface area contributed by atoms with Crippen LogP contribution in [0.5, 0.6) is 0 Å². The molecule has 212 valence electrons. The number of halogens is 1. The van der Waals surface area contributed by atoms with E-state index in [4.69, 9.17) is 11.6 Å². The monoisotopic (exact) mass is 589 g/mol. The topological polar surface area (TPSA) is 86.7 Å². The molecule has 1 amide bonds. The van der Waals surface area contributed by atoms with E-state index in [1.165, 1.54) is 16.4 Å². The van der Waals surface area contributed by atoms with Gasteiger partial charge in [-0.15, -0.1) is 10.2 Å². The third kappa shape index (κ3) is 7.30. The molecule has 10 heteroatoms. The van der Waals surface area contributed by atoms with Gasteiger partial charge in [-0.25, -0.2) is 8.42 Å². The summed E-state index contributed by atoms with van der Waals surface area (Å²) in [5.74, 6) is 0.539. The van der Waals surface area contributed by atoms with Gasteiger partial charge in [-0.2, -0.15) is 4.31 Å². The Kier molecular flexibility index (Phi) is 9.28. The lowest BCUT2D eigenvalue weighted by atomic mass is 10.1. The van der Waals surface area contributed by atoms with E-state index in [-0.39, 0.29) is 23.9 Å². The van der Waals surface area contributed by atoms with Gasteiger partial charge >= 0.3 is 0 Å². The molecule has 0 unspecified atom stereocenters. The Labute approximate surface area is 246 Å². The van der Waals surface area contributed by atoms with Crippen molar-refractivity contribution in [1.29, 1.82) is 0 Å². The number of benzene rings is 3. The van der Waals surface area contributed by atoms with Crippen LogP contribution in [0.25, 0.3) is 11.3 Å². The van der Waals surface area contributed by atoms with E-state index in [2.05, 4.69) is 15.1 Å². The fourth-order valence-corrected chi connectivity index (χ4v) is 6.36. The molecule has 4 aromatic rings. The maximum absolute atomic E-state index is 13.6. The van der Waals surface area contributed by atoms with Crippen LogP contribution in [-0.4, -0.2) is 73.0 Å². The molecule has 1 fully saturated rings. The van der Waals surface area contributed by atoms with Gasteiger partial charge in [0.25, 0.3) is 0 Å². The highest BCUT2D eigenvalue weighted by Crippen LogP contribution is 2.21. The van der Waals surface area contributed by atoms with Gasteiger partial charge in [-0.05, 0) is 54.8 Å². The summed E-state index contributed by atoms with van der Waals surface area (Å²) in [5.41, 5.74) is 2.81. The number of amides is 1. The van der Waals surface area contributed by atoms with Crippen molar-refractivity contribution in [2.45, 2.75) is 17.7 Å². The fraction of sp³-hybridized carbons (Fsp3) is 0.258. The van der Waals surface area contributed by atoms with Crippen molar-refractivity contribution in [3.63, 3.8) is 0 Å². The number of nitrogens with zero attached hydrogens (tertiary/aromatic N) is 5. The van der Waals surface area contributed by atoms with Crippen LogP contribution < -0.4 is 4.90 Å². The van der Waals surface area contributed by atoms with Crippen molar-refractivity contribution in [3.05, 3.63) is 108 Å². The van der Waals surface area contributed by atoms with Crippen LogP contribution in [0.4, 0.5) is 5.82 Å². The molecule has 0 radical (unpaired) electrons. The zero-order valence-corrected chi connectivity index (χ0v) is 24.2. The van der Waals surface area contributed by atoms with Crippen LogP contribution in [-0.2, 0) is 21.2 Å². The molecule has 41 heavy (non-hydrogen) atoms. The minimum absolute atomic E-state index is 0.113.